The molecule has 0 bridgehead atoms. The third-order valence-corrected chi connectivity index (χ3v) is 2.95. The van der Waals surface area contributed by atoms with E-state index >= 15 is 0 Å². The number of pyridine rings is 1. The van der Waals surface area contributed by atoms with Gasteiger partial charge in [-0.3, -0.25) is 9.78 Å². The summed E-state index contributed by atoms with van der Waals surface area (Å²) in [6.07, 6.45) is 1.48. The lowest BCUT2D eigenvalue weighted by Gasteiger charge is -2.11. The van der Waals surface area contributed by atoms with Crippen molar-refractivity contribution in [3.63, 3.8) is 0 Å². The highest BCUT2D eigenvalue weighted by molar-refractivity contribution is 7.80. The lowest BCUT2D eigenvalue weighted by molar-refractivity contribution is 0.102. The van der Waals surface area contributed by atoms with Crippen molar-refractivity contribution in [3.05, 3.63) is 53.9 Å². The highest BCUT2D eigenvalue weighted by Gasteiger charge is 2.11. The van der Waals surface area contributed by atoms with Gasteiger partial charge in [-0.2, -0.15) is 0 Å². The van der Waals surface area contributed by atoms with E-state index in [2.05, 4.69) is 10.3 Å². The minimum Gasteiger partial charge on any atom is -0.492 e. The molecule has 1 aromatic heterocycles. The average Bonchev–Trinajstić information content (AvgIpc) is 2.49. The predicted octanol–water partition coefficient (Wildman–Crippen LogP) is 2.37. The molecule has 0 atom stereocenters. The molecule has 0 saturated heterocycles. The van der Waals surface area contributed by atoms with Crippen molar-refractivity contribution >= 4 is 28.8 Å². The van der Waals surface area contributed by atoms with Gasteiger partial charge >= 0.3 is 0 Å². The molecule has 21 heavy (non-hydrogen) atoms. The van der Waals surface area contributed by atoms with Crippen LogP contribution in [0.25, 0.3) is 0 Å². The van der Waals surface area contributed by atoms with Crippen LogP contribution in [-0.4, -0.2) is 22.5 Å². The zero-order valence-electron chi connectivity index (χ0n) is 11.5. The van der Waals surface area contributed by atoms with E-state index in [0.29, 0.717) is 23.6 Å². The van der Waals surface area contributed by atoms with Crippen LogP contribution in [-0.2, 0) is 0 Å². The molecule has 0 saturated carbocycles. The van der Waals surface area contributed by atoms with Crippen LogP contribution in [0.1, 0.15) is 23.0 Å². The Bertz CT molecular complexity index is 656. The summed E-state index contributed by atoms with van der Waals surface area (Å²) in [6, 6.07) is 10.5. The van der Waals surface area contributed by atoms with Gasteiger partial charge in [0.2, 0.25) is 0 Å². The fourth-order valence-electron chi connectivity index (χ4n) is 1.71. The topological polar surface area (TPSA) is 77.2 Å². The molecular formula is C15H15N3O2S. The maximum absolute atomic E-state index is 12.2. The van der Waals surface area contributed by atoms with Gasteiger partial charge in [-0.05, 0) is 31.2 Å². The number of amides is 1. The van der Waals surface area contributed by atoms with Crippen LogP contribution in [0, 0.1) is 0 Å². The molecule has 3 N–H and O–H groups in total. The first-order valence-corrected chi connectivity index (χ1v) is 6.81. The van der Waals surface area contributed by atoms with E-state index in [4.69, 9.17) is 22.7 Å². The molecule has 2 aromatic rings. The summed E-state index contributed by atoms with van der Waals surface area (Å²) in [5, 5.41) is 2.77. The number of benzene rings is 1. The fraction of sp³-hybridized carbons (Fsp3) is 0.133. The lowest BCUT2D eigenvalue weighted by atomic mass is 10.2. The Morgan fingerprint density at radius 2 is 2.10 bits per heavy atom. The third kappa shape index (κ3) is 3.76. The van der Waals surface area contributed by atoms with Crippen LogP contribution in [0.4, 0.5) is 5.69 Å². The van der Waals surface area contributed by atoms with E-state index in [1.807, 2.05) is 19.1 Å². The van der Waals surface area contributed by atoms with Gasteiger partial charge in [-0.1, -0.05) is 24.4 Å². The monoisotopic (exact) mass is 301 g/mol. The number of anilines is 1. The van der Waals surface area contributed by atoms with Crippen molar-refractivity contribution in [2.75, 3.05) is 11.9 Å². The van der Waals surface area contributed by atoms with E-state index in [0.717, 1.165) is 0 Å². The number of thiocarbonyl (C=S) groups is 1. The number of carbonyl (C=O) groups excluding carboxylic acids is 1. The first kappa shape index (κ1) is 14.9. The molecule has 0 aliphatic carbocycles. The van der Waals surface area contributed by atoms with Gasteiger partial charge in [-0.25, -0.2) is 0 Å². The maximum atomic E-state index is 12.2. The zero-order chi connectivity index (χ0) is 15.2. The van der Waals surface area contributed by atoms with Crippen LogP contribution in [0.3, 0.4) is 0 Å². The summed E-state index contributed by atoms with van der Waals surface area (Å²) in [5.41, 5.74) is 6.99. The molecule has 108 valence electrons. The fourth-order valence-corrected chi connectivity index (χ4v) is 1.83. The first-order valence-electron chi connectivity index (χ1n) is 6.41. The van der Waals surface area contributed by atoms with Gasteiger partial charge < -0.3 is 15.8 Å². The number of nitrogens with two attached hydrogens (primary N) is 1. The SMILES string of the molecule is CCOc1ccccc1NC(=O)c1ccc(C(N)=S)cn1. The molecule has 0 radical (unpaired) electrons. The second-order valence-electron chi connectivity index (χ2n) is 4.18. The number of nitrogens with one attached hydrogen (secondary N) is 1. The summed E-state index contributed by atoms with van der Waals surface area (Å²) in [4.78, 5) is 16.5. The number of carbonyl (C=O) groups is 1. The third-order valence-electron chi connectivity index (χ3n) is 2.72. The smallest absolute Gasteiger partial charge is 0.274 e. The van der Waals surface area contributed by atoms with Crippen molar-refractivity contribution in [1.82, 2.24) is 4.98 Å². The van der Waals surface area contributed by atoms with Gasteiger partial charge in [0.25, 0.3) is 5.91 Å². The highest BCUT2D eigenvalue weighted by Crippen LogP contribution is 2.24. The zero-order valence-corrected chi connectivity index (χ0v) is 12.3. The van der Waals surface area contributed by atoms with Crippen molar-refractivity contribution < 1.29 is 9.53 Å². The van der Waals surface area contributed by atoms with Crippen LogP contribution < -0.4 is 15.8 Å². The normalized spacial score (nSPS) is 9.95. The van der Waals surface area contributed by atoms with E-state index in [9.17, 15) is 4.79 Å². The Morgan fingerprint density at radius 3 is 2.71 bits per heavy atom. The first-order chi connectivity index (χ1) is 10.1. The largest absolute Gasteiger partial charge is 0.492 e. The number of para-hydroxylation sites is 2. The van der Waals surface area contributed by atoms with E-state index in [1.165, 1.54) is 6.20 Å². The minimum atomic E-state index is -0.323. The van der Waals surface area contributed by atoms with Gasteiger partial charge in [0.15, 0.2) is 0 Å². The number of ether oxygens (including phenoxy) is 1. The molecule has 2 rings (SSSR count). The number of hydrogen-bond donors (Lipinski definition) is 2. The second kappa shape index (κ2) is 6.81. The van der Waals surface area contributed by atoms with Crippen LogP contribution in [0.2, 0.25) is 0 Å². The molecule has 0 fully saturated rings. The molecule has 1 aromatic carbocycles. The van der Waals surface area contributed by atoms with Crippen molar-refractivity contribution in [1.29, 1.82) is 0 Å². The Hall–Kier alpha value is -2.47. The van der Waals surface area contributed by atoms with E-state index in [1.54, 1.807) is 24.3 Å². The molecule has 6 heteroatoms. The maximum Gasteiger partial charge on any atom is 0.274 e. The van der Waals surface area contributed by atoms with Gasteiger partial charge in [0.1, 0.15) is 16.4 Å². The standard InChI is InChI=1S/C15H15N3O2S/c1-2-20-13-6-4-3-5-11(13)18-15(19)12-8-7-10(9-17-12)14(16)21/h3-9H,2H2,1H3,(H2,16,21)(H,18,19). The number of nitrogens with zero attached hydrogens (tertiary/aromatic N) is 1. The van der Waals surface area contributed by atoms with Crippen molar-refractivity contribution in [3.8, 4) is 5.75 Å². The molecule has 0 aliphatic heterocycles. The average molecular weight is 301 g/mol. The Kier molecular flexibility index (Phi) is 4.84. The van der Waals surface area contributed by atoms with E-state index in [-0.39, 0.29) is 16.6 Å². The minimum absolute atomic E-state index is 0.246. The van der Waals surface area contributed by atoms with Crippen LogP contribution >= 0.6 is 12.2 Å². The molecule has 5 nitrogen and oxygen atoms in total. The Labute approximate surface area is 128 Å². The van der Waals surface area contributed by atoms with Crippen molar-refractivity contribution in [2.24, 2.45) is 5.73 Å². The van der Waals surface area contributed by atoms with Crippen LogP contribution in [0.5, 0.6) is 5.75 Å². The summed E-state index contributed by atoms with van der Waals surface area (Å²) < 4.78 is 5.46. The number of rotatable bonds is 5. The number of hydrogen-bond acceptors (Lipinski definition) is 4. The molecule has 0 aliphatic rings. The summed E-state index contributed by atoms with van der Waals surface area (Å²) in [5.74, 6) is 0.296. The molecule has 1 heterocycles. The molecular weight excluding hydrogens is 286 g/mol. The van der Waals surface area contributed by atoms with Gasteiger partial charge in [0, 0.05) is 11.8 Å². The summed E-state index contributed by atoms with van der Waals surface area (Å²) >= 11 is 4.84. The van der Waals surface area contributed by atoms with Crippen molar-refractivity contribution in [2.45, 2.75) is 6.92 Å². The summed E-state index contributed by atoms with van der Waals surface area (Å²) in [7, 11) is 0. The lowest BCUT2D eigenvalue weighted by Crippen LogP contribution is -2.16. The summed E-state index contributed by atoms with van der Waals surface area (Å²) in [6.45, 7) is 2.41. The Balaban J connectivity index is 2.16. The van der Waals surface area contributed by atoms with Crippen LogP contribution in [0.15, 0.2) is 42.6 Å². The predicted molar refractivity (Wildman–Crippen MR) is 85.7 cm³/mol. The van der Waals surface area contributed by atoms with Gasteiger partial charge in [0.05, 0.1) is 12.3 Å². The number of aromatic nitrogens is 1. The van der Waals surface area contributed by atoms with E-state index < -0.39 is 0 Å². The highest BCUT2D eigenvalue weighted by atomic mass is 32.1. The quantitative estimate of drug-likeness (QED) is 0.829. The molecule has 1 amide bonds. The molecule has 0 unspecified atom stereocenters. The Morgan fingerprint density at radius 1 is 1.33 bits per heavy atom. The second-order valence-corrected chi connectivity index (χ2v) is 4.62. The van der Waals surface area contributed by atoms with Gasteiger partial charge in [-0.15, -0.1) is 0 Å². The molecule has 0 spiro atoms.